The minimum Gasteiger partial charge on any atom is -0.367 e. The molecule has 2 bridgehead atoms. The van der Waals surface area contributed by atoms with Crippen molar-refractivity contribution in [1.29, 1.82) is 0 Å². The Labute approximate surface area is 91.1 Å². The first kappa shape index (κ1) is 9.20. The number of nitrogens with zero attached hydrogens (tertiary/aromatic N) is 1. The van der Waals surface area contributed by atoms with Crippen LogP contribution in [0.1, 0.15) is 31.2 Å². The molecular weight excluding hydrogens is 184 g/mol. The van der Waals surface area contributed by atoms with Gasteiger partial charge >= 0.3 is 0 Å². The number of hydrogen-bond acceptors (Lipinski definition) is 2. The highest BCUT2D eigenvalue weighted by Gasteiger charge is 2.39. The molecule has 1 N–H and O–H groups in total. The van der Waals surface area contributed by atoms with Crippen LogP contribution < -0.4 is 5.32 Å². The molecule has 2 heteroatoms. The monoisotopic (exact) mass is 202 g/mol. The summed E-state index contributed by atoms with van der Waals surface area (Å²) >= 11 is 0. The molecule has 0 aliphatic heterocycles. The molecule has 0 radical (unpaired) electrons. The predicted molar refractivity (Wildman–Crippen MR) is 61.8 cm³/mol. The number of aryl methyl sites for hydroxylation is 1. The van der Waals surface area contributed by atoms with Crippen molar-refractivity contribution in [3.05, 3.63) is 23.9 Å². The molecule has 80 valence electrons. The van der Waals surface area contributed by atoms with Crippen LogP contribution in [0.2, 0.25) is 0 Å². The first-order chi connectivity index (χ1) is 7.31. The number of rotatable bonds is 2. The van der Waals surface area contributed by atoms with Gasteiger partial charge in [0.05, 0.1) is 0 Å². The summed E-state index contributed by atoms with van der Waals surface area (Å²) in [6.45, 7) is 2.08. The molecule has 0 saturated heterocycles. The van der Waals surface area contributed by atoms with Crippen LogP contribution in [0, 0.1) is 18.8 Å². The number of nitrogens with one attached hydrogen (secondary N) is 1. The van der Waals surface area contributed by atoms with Crippen molar-refractivity contribution in [2.45, 2.75) is 38.6 Å². The van der Waals surface area contributed by atoms with Crippen molar-refractivity contribution in [3.8, 4) is 0 Å². The van der Waals surface area contributed by atoms with E-state index in [1.165, 1.54) is 31.2 Å². The van der Waals surface area contributed by atoms with Gasteiger partial charge in [0.15, 0.2) is 0 Å². The van der Waals surface area contributed by atoms with E-state index in [-0.39, 0.29) is 0 Å². The number of pyridine rings is 1. The van der Waals surface area contributed by atoms with Gasteiger partial charge in [-0.1, -0.05) is 12.5 Å². The highest BCUT2D eigenvalue weighted by molar-refractivity contribution is 5.37. The molecule has 0 aromatic carbocycles. The summed E-state index contributed by atoms with van der Waals surface area (Å²) in [5.41, 5.74) is 1.23. The number of fused-ring (bicyclic) bond motifs is 2. The molecule has 1 aromatic heterocycles. The number of anilines is 1. The molecule has 1 heterocycles. The maximum absolute atomic E-state index is 4.41. The van der Waals surface area contributed by atoms with E-state index >= 15 is 0 Å². The fraction of sp³-hybridized carbons (Fsp3) is 0.615. The molecule has 2 aliphatic carbocycles. The lowest BCUT2D eigenvalue weighted by molar-refractivity contribution is 0.439. The zero-order chi connectivity index (χ0) is 10.3. The molecule has 3 rings (SSSR count). The van der Waals surface area contributed by atoms with Crippen LogP contribution in [-0.4, -0.2) is 11.0 Å². The first-order valence-corrected chi connectivity index (χ1v) is 6.00. The Balaban J connectivity index is 1.68. The Morgan fingerprint density at radius 1 is 1.27 bits per heavy atom. The number of aromatic nitrogens is 1. The van der Waals surface area contributed by atoms with Crippen molar-refractivity contribution < 1.29 is 0 Å². The van der Waals surface area contributed by atoms with Gasteiger partial charge in [-0.3, -0.25) is 0 Å². The maximum atomic E-state index is 4.41. The van der Waals surface area contributed by atoms with E-state index in [0.717, 1.165) is 17.7 Å². The van der Waals surface area contributed by atoms with Crippen molar-refractivity contribution in [2.24, 2.45) is 11.8 Å². The van der Waals surface area contributed by atoms with E-state index in [4.69, 9.17) is 0 Å². The Kier molecular flexibility index (Phi) is 2.15. The van der Waals surface area contributed by atoms with Gasteiger partial charge in [-0.05, 0) is 49.7 Å². The Bertz CT molecular complexity index is 344. The Hall–Kier alpha value is -1.05. The second kappa shape index (κ2) is 3.51. The van der Waals surface area contributed by atoms with Crippen LogP contribution >= 0.6 is 0 Å². The molecule has 0 spiro atoms. The van der Waals surface area contributed by atoms with E-state index in [2.05, 4.69) is 29.4 Å². The van der Waals surface area contributed by atoms with Gasteiger partial charge in [-0.25, -0.2) is 4.98 Å². The van der Waals surface area contributed by atoms with Crippen molar-refractivity contribution >= 4 is 5.82 Å². The normalized spacial score (nSPS) is 33.3. The van der Waals surface area contributed by atoms with E-state index in [9.17, 15) is 0 Å². The van der Waals surface area contributed by atoms with Crippen LogP contribution in [0.3, 0.4) is 0 Å². The summed E-state index contributed by atoms with van der Waals surface area (Å²) in [6, 6.07) is 4.92. The largest absolute Gasteiger partial charge is 0.367 e. The summed E-state index contributed by atoms with van der Waals surface area (Å²) in [6.07, 6.45) is 7.64. The predicted octanol–water partition coefficient (Wildman–Crippen LogP) is 2.99. The zero-order valence-corrected chi connectivity index (χ0v) is 9.24. The third-order valence-corrected chi connectivity index (χ3v) is 3.98. The third kappa shape index (κ3) is 1.73. The Morgan fingerprint density at radius 3 is 2.80 bits per heavy atom. The fourth-order valence-corrected chi connectivity index (χ4v) is 3.16. The van der Waals surface area contributed by atoms with Crippen LogP contribution in [0.4, 0.5) is 5.82 Å². The fourth-order valence-electron chi connectivity index (χ4n) is 3.16. The van der Waals surface area contributed by atoms with Crippen molar-refractivity contribution in [2.75, 3.05) is 5.32 Å². The van der Waals surface area contributed by atoms with Crippen molar-refractivity contribution in [3.63, 3.8) is 0 Å². The molecule has 3 unspecified atom stereocenters. The summed E-state index contributed by atoms with van der Waals surface area (Å²) < 4.78 is 0. The van der Waals surface area contributed by atoms with E-state index in [1.54, 1.807) is 0 Å². The highest BCUT2D eigenvalue weighted by Crippen LogP contribution is 2.45. The average Bonchev–Trinajstić information content (AvgIpc) is 2.83. The smallest absolute Gasteiger partial charge is 0.126 e. The van der Waals surface area contributed by atoms with Gasteiger partial charge in [0, 0.05) is 12.2 Å². The standard InChI is InChI=1S/C13H18N2/c1-9-2-5-13(14-8-9)15-12-7-10-3-4-11(12)6-10/h2,5,8,10-12H,3-4,6-7H2,1H3,(H,14,15). The molecule has 2 aliphatic rings. The van der Waals surface area contributed by atoms with Crippen LogP contribution in [-0.2, 0) is 0 Å². The van der Waals surface area contributed by atoms with Gasteiger partial charge in [-0.15, -0.1) is 0 Å². The summed E-state index contributed by atoms with van der Waals surface area (Å²) in [5.74, 6) is 2.97. The molecular formula is C13H18N2. The van der Waals surface area contributed by atoms with Crippen LogP contribution in [0.15, 0.2) is 18.3 Å². The highest BCUT2D eigenvalue weighted by atomic mass is 15.0. The molecule has 1 aromatic rings. The molecule has 0 amide bonds. The van der Waals surface area contributed by atoms with Gasteiger partial charge in [0.1, 0.15) is 5.82 Å². The van der Waals surface area contributed by atoms with Gasteiger partial charge in [-0.2, -0.15) is 0 Å². The summed E-state index contributed by atoms with van der Waals surface area (Å²) in [7, 11) is 0. The lowest BCUT2D eigenvalue weighted by Gasteiger charge is -2.23. The van der Waals surface area contributed by atoms with E-state index in [1.807, 2.05) is 6.20 Å². The van der Waals surface area contributed by atoms with Crippen LogP contribution in [0.5, 0.6) is 0 Å². The zero-order valence-electron chi connectivity index (χ0n) is 9.24. The van der Waals surface area contributed by atoms with Crippen LogP contribution in [0.25, 0.3) is 0 Å². The third-order valence-electron chi connectivity index (χ3n) is 3.98. The SMILES string of the molecule is Cc1ccc(NC2CC3CCC2C3)nc1. The molecule has 15 heavy (non-hydrogen) atoms. The minimum absolute atomic E-state index is 0.693. The quantitative estimate of drug-likeness (QED) is 0.797. The van der Waals surface area contributed by atoms with Gasteiger partial charge in [0.2, 0.25) is 0 Å². The molecule has 2 nitrogen and oxygen atoms in total. The average molecular weight is 202 g/mol. The summed E-state index contributed by atoms with van der Waals surface area (Å²) in [4.78, 5) is 4.41. The van der Waals surface area contributed by atoms with Gasteiger partial charge < -0.3 is 5.32 Å². The summed E-state index contributed by atoms with van der Waals surface area (Å²) in [5, 5.41) is 3.59. The van der Waals surface area contributed by atoms with Gasteiger partial charge in [0.25, 0.3) is 0 Å². The topological polar surface area (TPSA) is 24.9 Å². The van der Waals surface area contributed by atoms with E-state index in [0.29, 0.717) is 6.04 Å². The molecule has 2 saturated carbocycles. The second-order valence-corrected chi connectivity index (χ2v) is 5.15. The first-order valence-electron chi connectivity index (χ1n) is 6.00. The lowest BCUT2D eigenvalue weighted by atomic mass is 9.95. The Morgan fingerprint density at radius 2 is 2.20 bits per heavy atom. The molecule has 2 fully saturated rings. The maximum Gasteiger partial charge on any atom is 0.126 e. The second-order valence-electron chi connectivity index (χ2n) is 5.15. The van der Waals surface area contributed by atoms with E-state index < -0.39 is 0 Å². The number of hydrogen-bond donors (Lipinski definition) is 1. The lowest BCUT2D eigenvalue weighted by Crippen LogP contribution is -2.26. The van der Waals surface area contributed by atoms with Crippen molar-refractivity contribution in [1.82, 2.24) is 4.98 Å². The molecule has 3 atom stereocenters. The minimum atomic E-state index is 0.693.